The average Bonchev–Trinajstić information content (AvgIpc) is 2.86. The molecule has 0 radical (unpaired) electrons. The van der Waals surface area contributed by atoms with Crippen LogP contribution in [0.5, 0.6) is 0 Å². The molecule has 0 unspecified atom stereocenters. The van der Waals surface area contributed by atoms with Crippen LogP contribution in [0, 0.1) is 25.6 Å². The molecule has 0 amide bonds. The fourth-order valence-electron chi connectivity index (χ4n) is 2.93. The van der Waals surface area contributed by atoms with Crippen LogP contribution in [-0.2, 0) is 6.54 Å². The summed E-state index contributed by atoms with van der Waals surface area (Å²) in [6, 6.07) is 1.28. The van der Waals surface area contributed by atoms with Gasteiger partial charge in [-0.25, -0.2) is 14.4 Å². The van der Waals surface area contributed by atoms with Crippen LogP contribution in [0.4, 0.5) is 10.2 Å². The SMILES string of the molecule is Cc1nc(CN2CCC(CNc3ncc(Cl)cc3F)CC2)oc1C. The van der Waals surface area contributed by atoms with Gasteiger partial charge in [0.2, 0.25) is 5.89 Å². The van der Waals surface area contributed by atoms with Crippen molar-refractivity contribution in [1.29, 1.82) is 0 Å². The number of hydrogen-bond donors (Lipinski definition) is 1. The van der Waals surface area contributed by atoms with E-state index in [-0.39, 0.29) is 5.82 Å². The second-order valence-corrected chi connectivity index (χ2v) is 6.77. The highest BCUT2D eigenvalue weighted by molar-refractivity contribution is 6.30. The first kappa shape index (κ1) is 17.2. The number of likely N-dealkylation sites (tertiary alicyclic amines) is 1. The number of aromatic nitrogens is 2. The van der Waals surface area contributed by atoms with E-state index in [4.69, 9.17) is 16.0 Å². The summed E-state index contributed by atoms with van der Waals surface area (Å²) in [5, 5.41) is 3.40. The minimum absolute atomic E-state index is 0.271. The highest BCUT2D eigenvalue weighted by Crippen LogP contribution is 2.21. The number of anilines is 1. The van der Waals surface area contributed by atoms with Crippen molar-refractivity contribution in [3.8, 4) is 0 Å². The second-order valence-electron chi connectivity index (χ2n) is 6.33. The number of oxazole rings is 1. The first-order chi connectivity index (χ1) is 11.5. The Morgan fingerprint density at radius 3 is 2.75 bits per heavy atom. The van der Waals surface area contributed by atoms with Gasteiger partial charge in [0.25, 0.3) is 0 Å². The van der Waals surface area contributed by atoms with Crippen LogP contribution in [0.25, 0.3) is 0 Å². The molecule has 24 heavy (non-hydrogen) atoms. The normalized spacial score (nSPS) is 16.5. The molecule has 0 spiro atoms. The molecule has 0 aliphatic carbocycles. The lowest BCUT2D eigenvalue weighted by molar-refractivity contribution is 0.167. The van der Waals surface area contributed by atoms with Gasteiger partial charge in [-0.05, 0) is 51.8 Å². The van der Waals surface area contributed by atoms with E-state index in [1.807, 2.05) is 13.8 Å². The monoisotopic (exact) mass is 352 g/mol. The molecule has 3 heterocycles. The van der Waals surface area contributed by atoms with E-state index in [0.29, 0.717) is 10.9 Å². The second kappa shape index (κ2) is 7.49. The number of pyridine rings is 1. The molecule has 2 aromatic heterocycles. The Hall–Kier alpha value is -1.66. The molecule has 130 valence electrons. The molecule has 1 aliphatic rings. The summed E-state index contributed by atoms with van der Waals surface area (Å²) in [6.45, 7) is 7.35. The number of nitrogens with zero attached hydrogens (tertiary/aromatic N) is 3. The lowest BCUT2D eigenvalue weighted by Gasteiger charge is -2.31. The van der Waals surface area contributed by atoms with Crippen molar-refractivity contribution in [2.45, 2.75) is 33.2 Å². The van der Waals surface area contributed by atoms with E-state index in [2.05, 4.69) is 20.2 Å². The predicted octanol–water partition coefficient (Wildman–Crippen LogP) is 3.80. The number of aryl methyl sites for hydroxylation is 2. The highest BCUT2D eigenvalue weighted by atomic mass is 35.5. The number of rotatable bonds is 5. The van der Waals surface area contributed by atoms with Crippen molar-refractivity contribution in [3.05, 3.63) is 40.4 Å². The third-order valence-electron chi connectivity index (χ3n) is 4.50. The molecule has 0 atom stereocenters. The topological polar surface area (TPSA) is 54.2 Å². The van der Waals surface area contributed by atoms with Crippen molar-refractivity contribution in [2.24, 2.45) is 5.92 Å². The van der Waals surface area contributed by atoms with Gasteiger partial charge in [0.05, 0.1) is 17.3 Å². The summed E-state index contributed by atoms with van der Waals surface area (Å²) in [4.78, 5) is 10.8. The molecule has 0 bridgehead atoms. The maximum Gasteiger partial charge on any atom is 0.208 e. The van der Waals surface area contributed by atoms with Crippen molar-refractivity contribution in [1.82, 2.24) is 14.9 Å². The van der Waals surface area contributed by atoms with Crippen molar-refractivity contribution >= 4 is 17.4 Å². The quantitative estimate of drug-likeness (QED) is 0.887. The number of halogens is 2. The van der Waals surface area contributed by atoms with Gasteiger partial charge >= 0.3 is 0 Å². The zero-order valence-electron chi connectivity index (χ0n) is 14.0. The zero-order valence-corrected chi connectivity index (χ0v) is 14.7. The molecule has 1 saturated heterocycles. The number of hydrogen-bond acceptors (Lipinski definition) is 5. The summed E-state index contributed by atoms with van der Waals surface area (Å²) in [5.41, 5.74) is 0.960. The minimum atomic E-state index is -0.408. The Kier molecular flexibility index (Phi) is 5.36. The standard InChI is InChI=1S/C17H22ClFN4O/c1-11-12(2)24-16(22-11)10-23-5-3-13(4-6-23)8-20-17-15(19)7-14(18)9-21-17/h7,9,13H,3-6,8,10H2,1-2H3,(H,20,21). The van der Waals surface area contributed by atoms with Gasteiger partial charge in [-0.1, -0.05) is 11.6 Å². The Bertz CT molecular complexity index is 678. The lowest BCUT2D eigenvalue weighted by Crippen LogP contribution is -2.35. The number of piperidine rings is 1. The summed E-state index contributed by atoms with van der Waals surface area (Å²) >= 11 is 5.71. The Morgan fingerprint density at radius 2 is 2.12 bits per heavy atom. The summed E-state index contributed by atoms with van der Waals surface area (Å²) < 4.78 is 19.4. The van der Waals surface area contributed by atoms with E-state index >= 15 is 0 Å². The molecule has 5 nitrogen and oxygen atoms in total. The van der Waals surface area contributed by atoms with Gasteiger partial charge in [0.1, 0.15) is 5.76 Å². The molecule has 3 rings (SSSR count). The molecular weight excluding hydrogens is 331 g/mol. The minimum Gasteiger partial charge on any atom is -0.444 e. The van der Waals surface area contributed by atoms with Crippen LogP contribution in [0.3, 0.4) is 0 Å². The Morgan fingerprint density at radius 1 is 1.38 bits per heavy atom. The van der Waals surface area contributed by atoms with E-state index in [0.717, 1.165) is 56.4 Å². The van der Waals surface area contributed by atoms with Gasteiger partial charge < -0.3 is 9.73 Å². The predicted molar refractivity (Wildman–Crippen MR) is 91.7 cm³/mol. The molecule has 1 N–H and O–H groups in total. The van der Waals surface area contributed by atoms with Crippen molar-refractivity contribution < 1.29 is 8.81 Å². The molecule has 0 aromatic carbocycles. The van der Waals surface area contributed by atoms with Crippen LogP contribution < -0.4 is 5.32 Å². The zero-order chi connectivity index (χ0) is 17.1. The van der Waals surface area contributed by atoms with Crippen LogP contribution in [0.15, 0.2) is 16.7 Å². The maximum absolute atomic E-state index is 13.7. The van der Waals surface area contributed by atoms with Crippen LogP contribution in [0.1, 0.15) is 30.2 Å². The van der Waals surface area contributed by atoms with Gasteiger partial charge in [-0.2, -0.15) is 0 Å². The van der Waals surface area contributed by atoms with E-state index in [9.17, 15) is 4.39 Å². The largest absolute Gasteiger partial charge is 0.444 e. The first-order valence-corrected chi connectivity index (χ1v) is 8.59. The van der Waals surface area contributed by atoms with E-state index in [1.165, 1.54) is 12.3 Å². The van der Waals surface area contributed by atoms with E-state index < -0.39 is 5.82 Å². The molecular formula is C17H22ClFN4O. The van der Waals surface area contributed by atoms with Gasteiger partial charge in [0.15, 0.2) is 11.6 Å². The van der Waals surface area contributed by atoms with E-state index in [1.54, 1.807) is 0 Å². The fraction of sp³-hybridized carbons (Fsp3) is 0.529. The molecule has 2 aromatic rings. The smallest absolute Gasteiger partial charge is 0.208 e. The summed E-state index contributed by atoms with van der Waals surface area (Å²) in [6.07, 6.45) is 3.57. The molecule has 1 aliphatic heterocycles. The first-order valence-electron chi connectivity index (χ1n) is 8.21. The van der Waals surface area contributed by atoms with Gasteiger partial charge in [-0.3, -0.25) is 4.90 Å². The third-order valence-corrected chi connectivity index (χ3v) is 4.71. The molecule has 7 heteroatoms. The molecule has 0 saturated carbocycles. The van der Waals surface area contributed by atoms with Crippen LogP contribution in [-0.4, -0.2) is 34.5 Å². The maximum atomic E-state index is 13.7. The number of nitrogens with one attached hydrogen (secondary N) is 1. The fourth-order valence-corrected chi connectivity index (χ4v) is 3.08. The average molecular weight is 353 g/mol. The summed E-state index contributed by atoms with van der Waals surface area (Å²) in [7, 11) is 0. The van der Waals surface area contributed by atoms with Crippen molar-refractivity contribution in [2.75, 3.05) is 25.0 Å². The van der Waals surface area contributed by atoms with Gasteiger partial charge in [-0.15, -0.1) is 0 Å². The van der Waals surface area contributed by atoms with Crippen LogP contribution in [0.2, 0.25) is 5.02 Å². The van der Waals surface area contributed by atoms with Crippen molar-refractivity contribution in [3.63, 3.8) is 0 Å². The van der Waals surface area contributed by atoms with Gasteiger partial charge in [0, 0.05) is 12.7 Å². The lowest BCUT2D eigenvalue weighted by atomic mass is 9.97. The summed E-state index contributed by atoms with van der Waals surface area (Å²) in [5.74, 6) is 2.05. The Labute approximate surface area is 146 Å². The third kappa shape index (κ3) is 4.24. The Balaban J connectivity index is 1.45. The highest BCUT2D eigenvalue weighted by Gasteiger charge is 2.21. The van der Waals surface area contributed by atoms with Crippen LogP contribution >= 0.6 is 11.6 Å². The molecule has 1 fully saturated rings.